The SMILES string of the molecule is CCCCCCCCC(CCCCCCCC)CCCCCCCC(=O)CCCCCCCCCCCCCCC(C)C. The zero-order valence-electron chi connectivity index (χ0n) is 30.8. The Morgan fingerprint density at radius 1 is 0.349 bits per heavy atom. The topological polar surface area (TPSA) is 17.1 Å². The van der Waals surface area contributed by atoms with Gasteiger partial charge in [-0.25, -0.2) is 0 Å². The summed E-state index contributed by atoms with van der Waals surface area (Å²) >= 11 is 0. The quantitative estimate of drug-likeness (QED) is 0.0645. The fourth-order valence-electron chi connectivity index (χ4n) is 6.91. The predicted molar refractivity (Wildman–Crippen MR) is 196 cm³/mol. The van der Waals surface area contributed by atoms with E-state index < -0.39 is 0 Å². The minimum atomic E-state index is 0.534. The van der Waals surface area contributed by atoms with Crippen molar-refractivity contribution in [3.63, 3.8) is 0 Å². The average molecular weight is 605 g/mol. The molecule has 0 fully saturated rings. The van der Waals surface area contributed by atoms with Gasteiger partial charge in [0.2, 0.25) is 0 Å². The van der Waals surface area contributed by atoms with E-state index >= 15 is 0 Å². The summed E-state index contributed by atoms with van der Waals surface area (Å²) < 4.78 is 0. The van der Waals surface area contributed by atoms with Gasteiger partial charge in [-0.2, -0.15) is 0 Å². The lowest BCUT2D eigenvalue weighted by Crippen LogP contribution is -2.02. The summed E-state index contributed by atoms with van der Waals surface area (Å²) in [5, 5.41) is 0. The van der Waals surface area contributed by atoms with Crippen LogP contribution in [0.4, 0.5) is 0 Å². The van der Waals surface area contributed by atoms with Crippen LogP contribution in [-0.2, 0) is 4.79 Å². The van der Waals surface area contributed by atoms with Crippen molar-refractivity contribution in [1.29, 1.82) is 0 Å². The normalized spacial score (nSPS) is 11.8. The number of unbranched alkanes of at least 4 members (excludes halogenated alkanes) is 25. The summed E-state index contributed by atoms with van der Waals surface area (Å²) in [6.07, 6.45) is 47.8. The van der Waals surface area contributed by atoms with E-state index in [9.17, 15) is 4.79 Å². The number of rotatable bonds is 37. The summed E-state index contributed by atoms with van der Waals surface area (Å²) in [5.74, 6) is 2.39. The van der Waals surface area contributed by atoms with E-state index in [4.69, 9.17) is 0 Å². The fourth-order valence-corrected chi connectivity index (χ4v) is 6.91. The van der Waals surface area contributed by atoms with Crippen LogP contribution < -0.4 is 0 Å². The van der Waals surface area contributed by atoms with Crippen molar-refractivity contribution in [2.24, 2.45) is 11.8 Å². The van der Waals surface area contributed by atoms with Crippen LogP contribution in [0, 0.1) is 11.8 Å². The third kappa shape index (κ3) is 36.0. The molecule has 0 aromatic rings. The molecule has 0 heterocycles. The summed E-state index contributed by atoms with van der Waals surface area (Å²) in [5.41, 5.74) is 0. The molecule has 0 aliphatic rings. The Bertz CT molecular complexity index is 507. The van der Waals surface area contributed by atoms with Gasteiger partial charge in [0.15, 0.2) is 0 Å². The predicted octanol–water partition coefficient (Wildman–Crippen LogP) is 15.5. The maximum Gasteiger partial charge on any atom is 0.132 e. The van der Waals surface area contributed by atoms with Crippen LogP contribution in [0.2, 0.25) is 0 Å². The first-order valence-corrected chi connectivity index (χ1v) is 20.6. The van der Waals surface area contributed by atoms with E-state index in [-0.39, 0.29) is 0 Å². The van der Waals surface area contributed by atoms with Crippen LogP contribution in [0.15, 0.2) is 0 Å². The van der Waals surface area contributed by atoms with Gasteiger partial charge >= 0.3 is 0 Å². The second-order valence-electron chi connectivity index (χ2n) is 15.0. The van der Waals surface area contributed by atoms with Gasteiger partial charge in [0.1, 0.15) is 5.78 Å². The molecule has 0 aromatic carbocycles. The number of ketones is 1. The van der Waals surface area contributed by atoms with Gasteiger partial charge in [0.25, 0.3) is 0 Å². The lowest BCUT2D eigenvalue weighted by atomic mass is 9.89. The third-order valence-electron chi connectivity index (χ3n) is 9.99. The number of Topliss-reactive ketones (excluding diaryl/α,β-unsaturated/α-hetero) is 1. The summed E-state index contributed by atoms with van der Waals surface area (Å²) in [7, 11) is 0. The van der Waals surface area contributed by atoms with E-state index in [1.807, 2.05) is 0 Å². The summed E-state index contributed by atoms with van der Waals surface area (Å²) in [6.45, 7) is 9.31. The van der Waals surface area contributed by atoms with Crippen LogP contribution in [0.3, 0.4) is 0 Å². The molecule has 0 saturated carbocycles. The van der Waals surface area contributed by atoms with Gasteiger partial charge < -0.3 is 0 Å². The van der Waals surface area contributed by atoms with E-state index in [1.165, 1.54) is 199 Å². The van der Waals surface area contributed by atoms with Crippen LogP contribution in [-0.4, -0.2) is 5.78 Å². The van der Waals surface area contributed by atoms with E-state index in [2.05, 4.69) is 27.7 Å². The van der Waals surface area contributed by atoms with Gasteiger partial charge in [-0.1, -0.05) is 227 Å². The summed E-state index contributed by atoms with van der Waals surface area (Å²) in [6, 6.07) is 0. The molecule has 1 nitrogen and oxygen atoms in total. The van der Waals surface area contributed by atoms with Gasteiger partial charge in [0.05, 0.1) is 0 Å². The van der Waals surface area contributed by atoms with Crippen molar-refractivity contribution in [3.8, 4) is 0 Å². The van der Waals surface area contributed by atoms with Crippen LogP contribution in [0.5, 0.6) is 0 Å². The zero-order valence-corrected chi connectivity index (χ0v) is 30.8. The maximum atomic E-state index is 12.3. The molecule has 0 spiro atoms. The highest BCUT2D eigenvalue weighted by Gasteiger charge is 2.09. The maximum absolute atomic E-state index is 12.3. The van der Waals surface area contributed by atoms with Crippen molar-refractivity contribution < 1.29 is 4.79 Å². The molecule has 0 aliphatic heterocycles. The minimum absolute atomic E-state index is 0.534. The number of hydrogen-bond donors (Lipinski definition) is 0. The van der Waals surface area contributed by atoms with Gasteiger partial charge in [-0.15, -0.1) is 0 Å². The molecule has 0 atom stereocenters. The monoisotopic (exact) mass is 605 g/mol. The molecule has 0 saturated heterocycles. The molecule has 0 aliphatic carbocycles. The first kappa shape index (κ1) is 42.7. The highest BCUT2D eigenvalue weighted by molar-refractivity contribution is 5.78. The molecule has 0 rings (SSSR count). The Balaban J connectivity index is 3.63. The smallest absolute Gasteiger partial charge is 0.132 e. The van der Waals surface area contributed by atoms with E-state index in [0.717, 1.165) is 37.5 Å². The van der Waals surface area contributed by atoms with Gasteiger partial charge in [-0.3, -0.25) is 4.79 Å². The number of hydrogen-bond acceptors (Lipinski definition) is 1. The van der Waals surface area contributed by atoms with Gasteiger partial charge in [-0.05, 0) is 24.7 Å². The fraction of sp³-hybridized carbons (Fsp3) is 0.976. The number of carbonyl (C=O) groups excluding carboxylic acids is 1. The molecule has 0 N–H and O–H groups in total. The van der Waals surface area contributed by atoms with Crippen LogP contribution in [0.25, 0.3) is 0 Å². The molecule has 0 amide bonds. The Hall–Kier alpha value is -0.330. The lowest BCUT2D eigenvalue weighted by Gasteiger charge is -2.17. The van der Waals surface area contributed by atoms with Crippen LogP contribution >= 0.6 is 0 Å². The highest BCUT2D eigenvalue weighted by Crippen LogP contribution is 2.25. The lowest BCUT2D eigenvalue weighted by molar-refractivity contribution is -0.119. The van der Waals surface area contributed by atoms with Crippen molar-refractivity contribution in [2.75, 3.05) is 0 Å². The zero-order chi connectivity index (χ0) is 31.5. The second-order valence-corrected chi connectivity index (χ2v) is 15.0. The average Bonchev–Trinajstić information content (AvgIpc) is 2.99. The first-order valence-electron chi connectivity index (χ1n) is 20.6. The second kappa shape index (κ2) is 36.1. The molecule has 43 heavy (non-hydrogen) atoms. The molecular formula is C42H84O. The van der Waals surface area contributed by atoms with E-state index in [0.29, 0.717) is 5.78 Å². The summed E-state index contributed by atoms with van der Waals surface area (Å²) in [4.78, 5) is 12.3. The molecule has 0 aromatic heterocycles. The Labute approximate surface area is 274 Å². The standard InChI is InChI=1S/C42H84O/c1-5-7-9-11-23-29-35-41(36-30-24-12-10-8-6-2)37-31-25-21-27-33-39-42(43)38-32-26-20-18-16-14-13-15-17-19-22-28-34-40(3)4/h40-41H,5-39H2,1-4H3. The highest BCUT2D eigenvalue weighted by atomic mass is 16.1. The largest absolute Gasteiger partial charge is 0.300 e. The molecule has 1 heteroatoms. The van der Waals surface area contributed by atoms with Crippen molar-refractivity contribution in [1.82, 2.24) is 0 Å². The Kier molecular flexibility index (Phi) is 35.9. The molecule has 258 valence electrons. The van der Waals surface area contributed by atoms with Gasteiger partial charge in [0, 0.05) is 12.8 Å². The molecule has 0 bridgehead atoms. The minimum Gasteiger partial charge on any atom is -0.300 e. The molecule has 0 unspecified atom stereocenters. The Morgan fingerprint density at radius 3 is 0.907 bits per heavy atom. The van der Waals surface area contributed by atoms with Crippen molar-refractivity contribution in [2.45, 2.75) is 252 Å². The van der Waals surface area contributed by atoms with Crippen molar-refractivity contribution >= 4 is 5.78 Å². The molecule has 0 radical (unpaired) electrons. The van der Waals surface area contributed by atoms with Crippen LogP contribution in [0.1, 0.15) is 252 Å². The molecular weight excluding hydrogens is 520 g/mol. The third-order valence-corrected chi connectivity index (χ3v) is 9.99. The Morgan fingerprint density at radius 2 is 0.605 bits per heavy atom. The first-order chi connectivity index (χ1) is 21.1. The number of carbonyl (C=O) groups is 1. The van der Waals surface area contributed by atoms with Crippen molar-refractivity contribution in [3.05, 3.63) is 0 Å². The van der Waals surface area contributed by atoms with E-state index in [1.54, 1.807) is 0 Å².